The lowest BCUT2D eigenvalue weighted by Gasteiger charge is -2.38. The molecule has 6 heteroatoms. The van der Waals surface area contributed by atoms with Crippen LogP contribution in [-0.4, -0.2) is 47.2 Å². The maximum atomic E-state index is 12.3. The fraction of sp³-hybridized carbons (Fsp3) is 0.471. The minimum atomic E-state index is 0.286. The van der Waals surface area contributed by atoms with Crippen LogP contribution < -0.4 is 4.90 Å². The van der Waals surface area contributed by atoms with Crippen LogP contribution in [0.4, 0.5) is 5.82 Å². The van der Waals surface area contributed by atoms with Gasteiger partial charge in [-0.3, -0.25) is 4.79 Å². The van der Waals surface area contributed by atoms with Crippen molar-refractivity contribution in [1.29, 1.82) is 0 Å². The van der Waals surface area contributed by atoms with Crippen molar-refractivity contribution >= 4 is 11.7 Å². The number of anilines is 1. The van der Waals surface area contributed by atoms with Crippen LogP contribution in [0.2, 0.25) is 0 Å². The average Bonchev–Trinajstić information content (AvgIpc) is 3.08. The molecule has 3 heterocycles. The van der Waals surface area contributed by atoms with Gasteiger partial charge in [0.15, 0.2) is 11.6 Å². The molecule has 0 radical (unpaired) electrons. The van der Waals surface area contributed by atoms with Crippen LogP contribution in [0.1, 0.15) is 19.3 Å². The first-order valence-electron chi connectivity index (χ1n) is 8.22. The predicted octanol–water partition coefficient (Wildman–Crippen LogP) is 2.19. The third-order valence-corrected chi connectivity index (χ3v) is 4.79. The van der Waals surface area contributed by atoms with Crippen LogP contribution in [0.25, 0.3) is 11.5 Å². The molecule has 0 unspecified atom stereocenters. The van der Waals surface area contributed by atoms with Gasteiger partial charge in [0.05, 0.1) is 6.26 Å². The molecule has 0 N–H and O–H groups in total. The number of furan rings is 1. The molecule has 1 saturated heterocycles. The molecule has 0 atom stereocenters. The lowest BCUT2D eigenvalue weighted by atomic mass is 9.84. The number of hydrogen-bond donors (Lipinski definition) is 0. The van der Waals surface area contributed by atoms with E-state index in [1.165, 1.54) is 6.42 Å². The molecule has 4 rings (SSSR count). The maximum absolute atomic E-state index is 12.3. The molecule has 1 amide bonds. The van der Waals surface area contributed by atoms with Crippen LogP contribution in [0.3, 0.4) is 0 Å². The molecule has 23 heavy (non-hydrogen) atoms. The Morgan fingerprint density at radius 1 is 1.09 bits per heavy atom. The van der Waals surface area contributed by atoms with Gasteiger partial charge in [-0.15, -0.1) is 10.2 Å². The topological polar surface area (TPSA) is 62.5 Å². The number of carbonyl (C=O) groups is 1. The predicted molar refractivity (Wildman–Crippen MR) is 85.9 cm³/mol. The second kappa shape index (κ2) is 6.02. The molecule has 1 saturated carbocycles. The number of carbonyl (C=O) groups excluding carboxylic acids is 1. The highest BCUT2D eigenvalue weighted by Gasteiger charge is 2.31. The second-order valence-electron chi connectivity index (χ2n) is 6.19. The van der Waals surface area contributed by atoms with Crippen LogP contribution in [0.15, 0.2) is 34.9 Å². The van der Waals surface area contributed by atoms with Gasteiger partial charge in [0.25, 0.3) is 0 Å². The molecule has 1 aliphatic carbocycles. The number of hydrogen-bond acceptors (Lipinski definition) is 5. The molecule has 1 aliphatic heterocycles. The summed E-state index contributed by atoms with van der Waals surface area (Å²) in [4.78, 5) is 16.5. The molecule has 120 valence electrons. The van der Waals surface area contributed by atoms with Crippen molar-refractivity contribution in [2.24, 2.45) is 5.92 Å². The first-order valence-corrected chi connectivity index (χ1v) is 8.22. The Bertz CT molecular complexity index is 656. The SMILES string of the molecule is O=C(C1CCC1)N1CCN(c2ccc(-c3ccco3)nn2)CC1. The van der Waals surface area contributed by atoms with Crippen LogP contribution in [0.5, 0.6) is 0 Å². The lowest BCUT2D eigenvalue weighted by Crippen LogP contribution is -2.51. The Balaban J connectivity index is 1.37. The molecule has 0 aromatic carbocycles. The highest BCUT2D eigenvalue weighted by molar-refractivity contribution is 5.79. The normalized spacial score (nSPS) is 18.8. The first-order chi connectivity index (χ1) is 11.3. The molecule has 2 fully saturated rings. The summed E-state index contributed by atoms with van der Waals surface area (Å²) < 4.78 is 5.32. The van der Waals surface area contributed by atoms with E-state index in [2.05, 4.69) is 15.1 Å². The van der Waals surface area contributed by atoms with E-state index in [4.69, 9.17) is 4.42 Å². The standard InChI is InChI=1S/C17H20N4O2/c22-17(13-3-1-4-13)21-10-8-20(9-11-21)16-7-6-14(18-19-16)15-5-2-12-23-15/h2,5-7,12-13H,1,3-4,8-11H2. The van der Waals surface area contributed by atoms with E-state index in [0.29, 0.717) is 5.91 Å². The Morgan fingerprint density at radius 3 is 2.48 bits per heavy atom. The largest absolute Gasteiger partial charge is 0.463 e. The Hall–Kier alpha value is -2.37. The highest BCUT2D eigenvalue weighted by Crippen LogP contribution is 2.29. The summed E-state index contributed by atoms with van der Waals surface area (Å²) in [5.74, 6) is 2.21. The first kappa shape index (κ1) is 14.2. The zero-order chi connectivity index (χ0) is 15.6. The van der Waals surface area contributed by atoms with Crippen LogP contribution >= 0.6 is 0 Å². The van der Waals surface area contributed by atoms with Gasteiger partial charge >= 0.3 is 0 Å². The maximum Gasteiger partial charge on any atom is 0.225 e. The Kier molecular flexibility index (Phi) is 3.73. The molecule has 6 nitrogen and oxygen atoms in total. The summed E-state index contributed by atoms with van der Waals surface area (Å²) in [6.45, 7) is 3.17. The lowest BCUT2D eigenvalue weighted by molar-refractivity contribution is -0.138. The summed E-state index contributed by atoms with van der Waals surface area (Å²) in [7, 11) is 0. The number of nitrogens with zero attached hydrogens (tertiary/aromatic N) is 4. The van der Waals surface area contributed by atoms with Gasteiger partial charge < -0.3 is 14.2 Å². The molecule has 2 aromatic heterocycles. The highest BCUT2D eigenvalue weighted by atomic mass is 16.3. The van der Waals surface area contributed by atoms with Crippen molar-refractivity contribution in [2.75, 3.05) is 31.1 Å². The second-order valence-corrected chi connectivity index (χ2v) is 6.19. The van der Waals surface area contributed by atoms with E-state index in [0.717, 1.165) is 56.3 Å². The van der Waals surface area contributed by atoms with E-state index < -0.39 is 0 Å². The Labute approximate surface area is 135 Å². The molecule has 0 bridgehead atoms. The monoisotopic (exact) mass is 312 g/mol. The Morgan fingerprint density at radius 2 is 1.91 bits per heavy atom. The minimum absolute atomic E-state index is 0.286. The average molecular weight is 312 g/mol. The fourth-order valence-electron chi connectivity index (χ4n) is 3.12. The van der Waals surface area contributed by atoms with E-state index in [1.54, 1.807) is 6.26 Å². The summed E-state index contributed by atoms with van der Waals surface area (Å²) in [6.07, 6.45) is 4.97. The van der Waals surface area contributed by atoms with Crippen molar-refractivity contribution in [2.45, 2.75) is 19.3 Å². The third kappa shape index (κ3) is 2.81. The summed E-state index contributed by atoms with van der Waals surface area (Å²) in [5.41, 5.74) is 0.734. The van der Waals surface area contributed by atoms with Crippen molar-refractivity contribution in [3.63, 3.8) is 0 Å². The molecule has 2 aliphatic rings. The number of piperazine rings is 1. The molecular weight excluding hydrogens is 292 g/mol. The molecule has 0 spiro atoms. The third-order valence-electron chi connectivity index (χ3n) is 4.79. The number of aromatic nitrogens is 2. The van der Waals surface area contributed by atoms with E-state index in [9.17, 15) is 4.79 Å². The smallest absolute Gasteiger partial charge is 0.225 e. The van der Waals surface area contributed by atoms with Gasteiger partial charge in [0, 0.05) is 32.1 Å². The van der Waals surface area contributed by atoms with E-state index in [-0.39, 0.29) is 5.92 Å². The zero-order valence-electron chi connectivity index (χ0n) is 13.0. The van der Waals surface area contributed by atoms with Crippen LogP contribution in [-0.2, 0) is 4.79 Å². The van der Waals surface area contributed by atoms with Crippen molar-refractivity contribution in [3.8, 4) is 11.5 Å². The van der Waals surface area contributed by atoms with Crippen molar-refractivity contribution in [3.05, 3.63) is 30.5 Å². The summed E-state index contributed by atoms with van der Waals surface area (Å²) in [6, 6.07) is 7.60. The van der Waals surface area contributed by atoms with Gasteiger partial charge in [0.1, 0.15) is 5.69 Å². The van der Waals surface area contributed by atoms with Gasteiger partial charge in [-0.05, 0) is 37.1 Å². The summed E-state index contributed by atoms with van der Waals surface area (Å²) >= 11 is 0. The molecule has 2 aromatic rings. The van der Waals surface area contributed by atoms with E-state index in [1.807, 2.05) is 29.2 Å². The quantitative estimate of drug-likeness (QED) is 0.869. The number of amides is 1. The van der Waals surface area contributed by atoms with Crippen molar-refractivity contribution in [1.82, 2.24) is 15.1 Å². The fourth-order valence-corrected chi connectivity index (χ4v) is 3.12. The number of rotatable bonds is 3. The molecular formula is C17H20N4O2. The van der Waals surface area contributed by atoms with Gasteiger partial charge in [-0.1, -0.05) is 6.42 Å². The van der Waals surface area contributed by atoms with Gasteiger partial charge in [0.2, 0.25) is 5.91 Å². The van der Waals surface area contributed by atoms with Gasteiger partial charge in [-0.2, -0.15) is 0 Å². The van der Waals surface area contributed by atoms with Gasteiger partial charge in [-0.25, -0.2) is 0 Å². The van der Waals surface area contributed by atoms with Crippen LogP contribution in [0, 0.1) is 5.92 Å². The minimum Gasteiger partial charge on any atom is -0.463 e. The van der Waals surface area contributed by atoms with E-state index >= 15 is 0 Å². The van der Waals surface area contributed by atoms with Crippen molar-refractivity contribution < 1.29 is 9.21 Å². The summed E-state index contributed by atoms with van der Waals surface area (Å²) in [5, 5.41) is 8.54. The zero-order valence-corrected chi connectivity index (χ0v) is 13.0.